The third kappa shape index (κ3) is 3.86. The van der Waals surface area contributed by atoms with Crippen molar-refractivity contribution in [3.63, 3.8) is 0 Å². The van der Waals surface area contributed by atoms with Crippen LogP contribution in [0.1, 0.15) is 69.5 Å². The lowest BCUT2D eigenvalue weighted by Crippen LogP contribution is -2.73. The van der Waals surface area contributed by atoms with Crippen molar-refractivity contribution in [2.24, 2.45) is 0 Å². The Morgan fingerprint density at radius 1 is 0.274 bits per heavy atom. The highest BCUT2D eigenvalue weighted by Crippen LogP contribution is 2.63. The minimum atomic E-state index is -0.601. The van der Waals surface area contributed by atoms with Gasteiger partial charge in [0, 0.05) is 16.8 Å². The molecule has 9 aromatic carbocycles. The molecule has 0 aliphatic carbocycles. The van der Waals surface area contributed by atoms with E-state index in [0.717, 1.165) is 11.4 Å². The van der Waals surface area contributed by atoms with Gasteiger partial charge in [0.2, 0.25) is 6.71 Å². The highest BCUT2D eigenvalue weighted by Gasteiger charge is 2.62. The summed E-state index contributed by atoms with van der Waals surface area (Å²) in [4.78, 5) is 4.99. The van der Waals surface area contributed by atoms with Crippen LogP contribution in [-0.2, 0) is 16.2 Å². The van der Waals surface area contributed by atoms with Gasteiger partial charge in [-0.05, 0) is 104 Å². The molecule has 62 heavy (non-hydrogen) atoms. The molecule has 0 radical (unpaired) electrons. The number of anilines is 6. The molecule has 3 heteroatoms. The van der Waals surface area contributed by atoms with Gasteiger partial charge >= 0.3 is 0 Å². The SMILES string of the molecule is CC1(C)c2cccc3c2B2c4c1cccc4C1(c4ccccc4N(c4ccccc4)c4ccccc41)c1cccc(c12)C31c2ccccc2N(c2ccccc2)c2ccccc21. The molecular weight excluding hydrogens is 747 g/mol. The van der Waals surface area contributed by atoms with Crippen LogP contribution in [0, 0.1) is 0 Å². The fraction of sp³-hybridized carbons (Fsp3) is 0.0847. The van der Waals surface area contributed by atoms with Crippen LogP contribution in [0.15, 0.2) is 212 Å². The van der Waals surface area contributed by atoms with Crippen LogP contribution in [0.25, 0.3) is 0 Å². The quantitative estimate of drug-likeness (QED) is 0.161. The lowest BCUT2D eigenvalue weighted by molar-refractivity contribution is 0.632. The van der Waals surface area contributed by atoms with E-state index in [9.17, 15) is 0 Å². The van der Waals surface area contributed by atoms with E-state index in [2.05, 4.69) is 236 Å². The van der Waals surface area contributed by atoms with Crippen molar-refractivity contribution in [1.29, 1.82) is 0 Å². The molecule has 0 saturated carbocycles. The summed E-state index contributed by atoms with van der Waals surface area (Å²) in [6.45, 7) is 5.02. The van der Waals surface area contributed by atoms with E-state index in [4.69, 9.17) is 0 Å². The number of rotatable bonds is 2. The molecular formula is C59H41BN2. The van der Waals surface area contributed by atoms with Gasteiger partial charge in [-0.25, -0.2) is 0 Å². The van der Waals surface area contributed by atoms with Crippen LogP contribution < -0.4 is 26.2 Å². The van der Waals surface area contributed by atoms with Crippen molar-refractivity contribution in [2.75, 3.05) is 9.80 Å². The average molecular weight is 789 g/mol. The maximum Gasteiger partial charge on any atom is 0.243 e. The Balaban J connectivity index is 1.19. The number of fused-ring (bicyclic) bond motifs is 12. The monoisotopic (exact) mass is 788 g/mol. The van der Waals surface area contributed by atoms with Crippen molar-refractivity contribution in [3.8, 4) is 0 Å². The van der Waals surface area contributed by atoms with Gasteiger partial charge in [0.1, 0.15) is 0 Å². The molecule has 0 aromatic heterocycles. The zero-order valence-corrected chi connectivity index (χ0v) is 34.7. The highest BCUT2D eigenvalue weighted by atomic mass is 15.2. The number of nitrogens with zero attached hydrogens (tertiary/aromatic N) is 2. The summed E-state index contributed by atoms with van der Waals surface area (Å²) in [6.07, 6.45) is 0. The third-order valence-corrected chi connectivity index (χ3v) is 15.4. The topological polar surface area (TPSA) is 6.48 Å². The molecule has 0 fully saturated rings. The van der Waals surface area contributed by atoms with E-state index >= 15 is 0 Å². The molecule has 2 spiro atoms. The van der Waals surface area contributed by atoms with Gasteiger partial charge in [0.15, 0.2) is 0 Å². The fourth-order valence-corrected chi connectivity index (χ4v) is 13.3. The van der Waals surface area contributed by atoms with Crippen molar-refractivity contribution in [1.82, 2.24) is 0 Å². The largest absolute Gasteiger partial charge is 0.310 e. The second kappa shape index (κ2) is 11.9. The van der Waals surface area contributed by atoms with Crippen LogP contribution in [0.4, 0.5) is 34.1 Å². The summed E-state index contributed by atoms with van der Waals surface area (Å²) < 4.78 is 0. The Morgan fingerprint density at radius 3 is 0.871 bits per heavy atom. The molecule has 9 aromatic rings. The minimum absolute atomic E-state index is 0.0702. The first-order chi connectivity index (χ1) is 30.6. The lowest BCUT2D eigenvalue weighted by atomic mass is 9.22. The van der Waals surface area contributed by atoms with Crippen LogP contribution in [0.3, 0.4) is 0 Å². The van der Waals surface area contributed by atoms with Gasteiger partial charge < -0.3 is 9.80 Å². The van der Waals surface area contributed by atoms with Crippen LogP contribution in [-0.4, -0.2) is 6.71 Å². The maximum absolute atomic E-state index is 2.50. The fourth-order valence-electron chi connectivity index (χ4n) is 13.3. The van der Waals surface area contributed by atoms with Crippen LogP contribution in [0.2, 0.25) is 0 Å². The van der Waals surface area contributed by atoms with E-state index in [0.29, 0.717) is 0 Å². The van der Waals surface area contributed by atoms with Crippen LogP contribution >= 0.6 is 0 Å². The predicted molar refractivity (Wildman–Crippen MR) is 256 cm³/mol. The van der Waals surface area contributed by atoms with E-state index < -0.39 is 10.8 Å². The summed E-state index contributed by atoms with van der Waals surface area (Å²) in [7, 11) is 0. The van der Waals surface area contributed by atoms with Crippen LogP contribution in [0.5, 0.6) is 0 Å². The summed E-state index contributed by atoms with van der Waals surface area (Å²) in [5, 5.41) is 0. The van der Waals surface area contributed by atoms with Crippen molar-refractivity contribution >= 4 is 57.2 Å². The molecule has 2 nitrogen and oxygen atoms in total. The van der Waals surface area contributed by atoms with Gasteiger partial charge in [-0.3, -0.25) is 0 Å². The van der Waals surface area contributed by atoms with E-state index in [1.165, 1.54) is 94.8 Å². The molecule has 0 unspecified atom stereocenters. The molecule has 14 rings (SSSR count). The first-order valence-corrected chi connectivity index (χ1v) is 22.1. The van der Waals surface area contributed by atoms with Gasteiger partial charge in [-0.15, -0.1) is 0 Å². The molecule has 0 N–H and O–H groups in total. The van der Waals surface area contributed by atoms with Gasteiger partial charge in [-0.2, -0.15) is 0 Å². The molecule has 0 amide bonds. The number of para-hydroxylation sites is 6. The molecule has 5 aliphatic heterocycles. The lowest BCUT2D eigenvalue weighted by Gasteiger charge is -2.58. The Hall–Kier alpha value is -7.36. The third-order valence-electron chi connectivity index (χ3n) is 15.4. The maximum atomic E-state index is 2.50. The smallest absolute Gasteiger partial charge is 0.243 e. The average Bonchev–Trinajstić information content (AvgIpc) is 3.33. The highest BCUT2D eigenvalue weighted by molar-refractivity contribution is 6.98. The normalized spacial score (nSPS) is 16.5. The second-order valence-electron chi connectivity index (χ2n) is 18.3. The standard InChI is InChI=1S/C59H41BN2/c1-57(2)44-28-17-30-46-54(44)60-55-45(57)29-18-31-47(55)59(42-26-11-15-36-52(42)62(39-22-7-4-8-23-39)53-37-16-12-27-43(53)59)49-33-19-32-48(56(49)60)58(46)40-24-9-13-34-50(40)61(38-20-5-3-6-21-38)51-35-14-10-25-41(51)58/h3-37H,1-2H3. The molecule has 5 aliphatic rings. The summed E-state index contributed by atoms with van der Waals surface area (Å²) in [5.41, 5.74) is 23.9. The Labute approximate surface area is 363 Å². The zero-order valence-electron chi connectivity index (χ0n) is 34.7. The zero-order chi connectivity index (χ0) is 41.0. The van der Waals surface area contributed by atoms with E-state index in [1.54, 1.807) is 0 Å². The van der Waals surface area contributed by atoms with Crippen molar-refractivity contribution < 1.29 is 0 Å². The molecule has 0 atom stereocenters. The predicted octanol–water partition coefficient (Wildman–Crippen LogP) is 11.8. The van der Waals surface area contributed by atoms with Gasteiger partial charge in [0.25, 0.3) is 0 Å². The summed E-state index contributed by atoms with van der Waals surface area (Å²) in [6, 6.07) is 80.8. The molecule has 290 valence electrons. The second-order valence-corrected chi connectivity index (χ2v) is 18.3. The van der Waals surface area contributed by atoms with Crippen molar-refractivity contribution in [2.45, 2.75) is 30.1 Å². The first-order valence-electron chi connectivity index (χ1n) is 22.1. The molecule has 0 saturated heterocycles. The minimum Gasteiger partial charge on any atom is -0.310 e. The number of benzene rings is 9. The molecule has 0 bridgehead atoms. The van der Waals surface area contributed by atoms with E-state index in [-0.39, 0.29) is 12.1 Å². The van der Waals surface area contributed by atoms with Gasteiger partial charge in [0.05, 0.1) is 33.6 Å². The first kappa shape index (κ1) is 34.4. The Bertz CT molecular complexity index is 3050. The Morgan fingerprint density at radius 2 is 0.532 bits per heavy atom. The summed E-state index contributed by atoms with van der Waals surface area (Å²) in [5.74, 6) is 0. The number of hydrogen-bond acceptors (Lipinski definition) is 2. The number of hydrogen-bond donors (Lipinski definition) is 0. The van der Waals surface area contributed by atoms with E-state index in [1.807, 2.05) is 0 Å². The molecule has 5 heterocycles. The van der Waals surface area contributed by atoms with Crippen molar-refractivity contribution in [3.05, 3.63) is 268 Å². The van der Waals surface area contributed by atoms with Gasteiger partial charge in [-0.1, -0.05) is 194 Å². The summed E-state index contributed by atoms with van der Waals surface area (Å²) >= 11 is 0. The Kier molecular flexibility index (Phi) is 6.61.